The van der Waals surface area contributed by atoms with Crippen LogP contribution in [0.15, 0.2) is 6.20 Å². The van der Waals surface area contributed by atoms with Gasteiger partial charge in [-0.25, -0.2) is 0 Å². The van der Waals surface area contributed by atoms with Crippen LogP contribution in [0.5, 0.6) is 0 Å². The summed E-state index contributed by atoms with van der Waals surface area (Å²) >= 11 is 2.12. The summed E-state index contributed by atoms with van der Waals surface area (Å²) in [6.45, 7) is 6.16. The average Bonchev–Trinajstić information content (AvgIpc) is 3.10. The molecule has 3 aliphatic heterocycles. The maximum Gasteiger partial charge on any atom is 0.0967 e. The average molecular weight is 380 g/mol. The van der Waals surface area contributed by atoms with Gasteiger partial charge in [0.25, 0.3) is 0 Å². The van der Waals surface area contributed by atoms with E-state index in [1.165, 1.54) is 50.3 Å². The van der Waals surface area contributed by atoms with Crippen molar-refractivity contribution in [2.45, 2.75) is 63.8 Å². The summed E-state index contributed by atoms with van der Waals surface area (Å²) in [5.41, 5.74) is 1.04. The van der Waals surface area contributed by atoms with Gasteiger partial charge in [0.15, 0.2) is 0 Å². The lowest BCUT2D eigenvalue weighted by molar-refractivity contribution is 0.0662. The molecule has 1 aromatic rings. The fourth-order valence-electron chi connectivity index (χ4n) is 4.72. The molecular weight excluding hydrogens is 346 g/mol. The highest BCUT2D eigenvalue weighted by atomic mass is 32.2. The monoisotopic (exact) mass is 379 g/mol. The van der Waals surface area contributed by atoms with E-state index in [0.29, 0.717) is 0 Å². The van der Waals surface area contributed by atoms with Crippen LogP contribution in [-0.4, -0.2) is 79.7 Å². The number of hydrogen-bond donors (Lipinski definition) is 1. The van der Waals surface area contributed by atoms with E-state index in [1.807, 2.05) is 4.68 Å². The van der Waals surface area contributed by atoms with E-state index in [0.717, 1.165) is 56.7 Å². The molecule has 1 atom stereocenters. The zero-order chi connectivity index (χ0) is 17.8. The quantitative estimate of drug-likeness (QED) is 0.843. The fourth-order valence-corrected chi connectivity index (χ4v) is 5.80. The van der Waals surface area contributed by atoms with Crippen molar-refractivity contribution in [1.82, 2.24) is 24.8 Å². The van der Waals surface area contributed by atoms with Crippen LogP contribution in [0.25, 0.3) is 0 Å². The van der Waals surface area contributed by atoms with E-state index < -0.39 is 0 Å². The van der Waals surface area contributed by atoms with Crippen LogP contribution in [0.1, 0.15) is 44.2 Å². The first-order valence-electron chi connectivity index (χ1n) is 10.4. The molecule has 3 fully saturated rings. The minimum Gasteiger partial charge on any atom is -0.392 e. The zero-order valence-electron chi connectivity index (χ0n) is 15.8. The van der Waals surface area contributed by atoms with E-state index in [2.05, 4.69) is 38.1 Å². The highest BCUT2D eigenvalue weighted by Crippen LogP contribution is 2.27. The number of hydrogen-bond acceptors (Lipinski definition) is 6. The van der Waals surface area contributed by atoms with Crippen LogP contribution in [0.3, 0.4) is 0 Å². The second-order valence-corrected chi connectivity index (χ2v) is 9.51. The van der Waals surface area contributed by atoms with Crippen molar-refractivity contribution >= 4 is 11.8 Å². The Morgan fingerprint density at radius 1 is 1.08 bits per heavy atom. The molecule has 0 aliphatic carbocycles. The molecule has 0 spiro atoms. The summed E-state index contributed by atoms with van der Waals surface area (Å²) in [6, 6.07) is 0.843. The summed E-state index contributed by atoms with van der Waals surface area (Å²) in [5.74, 6) is 3.43. The maximum absolute atomic E-state index is 9.81. The van der Waals surface area contributed by atoms with Gasteiger partial charge in [-0.05, 0) is 75.6 Å². The largest absolute Gasteiger partial charge is 0.392 e. The summed E-state index contributed by atoms with van der Waals surface area (Å²) in [4.78, 5) is 5.04. The van der Waals surface area contributed by atoms with Crippen LogP contribution >= 0.6 is 11.8 Å². The standard InChI is InChI=1S/C19H33N5OS/c25-19-2-1-7-22(15-19)13-17-14-24(21-20-17)12-16-3-8-23(9-4-16)18-5-10-26-11-6-18/h14,16,18-19,25H,1-13,15H2/t19-/m0/s1. The summed E-state index contributed by atoms with van der Waals surface area (Å²) in [7, 11) is 0. The number of β-amino-alcohol motifs (C(OH)–C–C–N with tert-alkyl or cyclic N) is 1. The number of rotatable bonds is 5. The molecule has 146 valence electrons. The fraction of sp³-hybridized carbons (Fsp3) is 0.895. The third-order valence-corrected chi connectivity index (χ3v) is 7.30. The predicted molar refractivity (Wildman–Crippen MR) is 105 cm³/mol. The van der Waals surface area contributed by atoms with E-state index in [4.69, 9.17) is 0 Å². The normalized spacial score (nSPS) is 27.8. The van der Waals surface area contributed by atoms with Crippen LogP contribution in [0.2, 0.25) is 0 Å². The van der Waals surface area contributed by atoms with Crippen molar-refractivity contribution < 1.29 is 5.11 Å². The molecule has 0 amide bonds. The number of aliphatic hydroxyl groups is 1. The van der Waals surface area contributed by atoms with E-state index in [1.54, 1.807) is 0 Å². The number of aliphatic hydroxyl groups excluding tert-OH is 1. The van der Waals surface area contributed by atoms with Crippen LogP contribution < -0.4 is 0 Å². The molecule has 1 N–H and O–H groups in total. The van der Waals surface area contributed by atoms with Gasteiger partial charge in [0, 0.05) is 31.9 Å². The van der Waals surface area contributed by atoms with Gasteiger partial charge >= 0.3 is 0 Å². The van der Waals surface area contributed by atoms with Crippen molar-refractivity contribution in [3.63, 3.8) is 0 Å². The minimum atomic E-state index is -0.174. The Bertz CT molecular complexity index is 554. The molecule has 0 bridgehead atoms. The molecule has 0 unspecified atom stereocenters. The molecule has 1 aromatic heterocycles. The molecule has 26 heavy (non-hydrogen) atoms. The Morgan fingerprint density at radius 3 is 2.65 bits per heavy atom. The van der Waals surface area contributed by atoms with Crippen molar-refractivity contribution in [3.05, 3.63) is 11.9 Å². The molecule has 6 nitrogen and oxygen atoms in total. The molecule has 4 rings (SSSR count). The van der Waals surface area contributed by atoms with Crippen molar-refractivity contribution in [3.8, 4) is 0 Å². The number of likely N-dealkylation sites (tertiary alicyclic amines) is 2. The van der Waals surface area contributed by atoms with E-state index in [9.17, 15) is 5.11 Å². The van der Waals surface area contributed by atoms with Crippen LogP contribution in [0.4, 0.5) is 0 Å². The molecule has 3 aliphatic rings. The Hall–Kier alpha value is -0.630. The van der Waals surface area contributed by atoms with Crippen molar-refractivity contribution in [2.24, 2.45) is 5.92 Å². The zero-order valence-corrected chi connectivity index (χ0v) is 16.6. The lowest BCUT2D eigenvalue weighted by Crippen LogP contribution is -2.43. The Labute approximate surface area is 161 Å². The molecule has 0 radical (unpaired) electrons. The molecule has 0 saturated carbocycles. The van der Waals surface area contributed by atoms with Gasteiger partial charge in [-0.15, -0.1) is 5.10 Å². The Kier molecular flexibility index (Phi) is 6.51. The van der Waals surface area contributed by atoms with Gasteiger partial charge in [0.2, 0.25) is 0 Å². The second kappa shape index (κ2) is 9.04. The number of aromatic nitrogens is 3. The second-order valence-electron chi connectivity index (χ2n) is 8.29. The van der Waals surface area contributed by atoms with Crippen molar-refractivity contribution in [1.29, 1.82) is 0 Å². The number of thioether (sulfide) groups is 1. The number of nitrogens with zero attached hydrogens (tertiary/aromatic N) is 5. The SMILES string of the molecule is O[C@H]1CCCN(Cc2cn(CC3CCN(C4CCSCC4)CC3)nn2)C1. The molecule has 3 saturated heterocycles. The van der Waals surface area contributed by atoms with E-state index in [-0.39, 0.29) is 6.10 Å². The summed E-state index contributed by atoms with van der Waals surface area (Å²) in [6.07, 6.45) is 9.29. The molecule has 4 heterocycles. The molecule has 7 heteroatoms. The first-order chi connectivity index (χ1) is 12.8. The topological polar surface area (TPSA) is 57.4 Å². The summed E-state index contributed by atoms with van der Waals surface area (Å²) in [5, 5.41) is 18.5. The molecule has 0 aromatic carbocycles. The van der Waals surface area contributed by atoms with Gasteiger partial charge in [0.05, 0.1) is 11.8 Å². The van der Waals surface area contributed by atoms with Gasteiger partial charge < -0.3 is 10.0 Å². The van der Waals surface area contributed by atoms with Gasteiger partial charge in [-0.1, -0.05) is 5.21 Å². The third kappa shape index (κ3) is 5.00. The number of piperidine rings is 2. The lowest BCUT2D eigenvalue weighted by atomic mass is 9.94. The van der Waals surface area contributed by atoms with Gasteiger partial charge in [0.1, 0.15) is 0 Å². The predicted octanol–water partition coefficient (Wildman–Crippen LogP) is 1.84. The highest BCUT2D eigenvalue weighted by Gasteiger charge is 2.26. The van der Waals surface area contributed by atoms with Crippen LogP contribution in [0, 0.1) is 5.92 Å². The Morgan fingerprint density at radius 2 is 1.88 bits per heavy atom. The maximum atomic E-state index is 9.81. The summed E-state index contributed by atoms with van der Waals surface area (Å²) < 4.78 is 2.05. The van der Waals surface area contributed by atoms with Gasteiger partial charge in [-0.3, -0.25) is 9.58 Å². The third-order valence-electron chi connectivity index (χ3n) is 6.25. The van der Waals surface area contributed by atoms with E-state index >= 15 is 0 Å². The Balaban J connectivity index is 1.22. The first-order valence-corrected chi connectivity index (χ1v) is 11.5. The minimum absolute atomic E-state index is 0.174. The smallest absolute Gasteiger partial charge is 0.0967 e. The highest BCUT2D eigenvalue weighted by molar-refractivity contribution is 7.99. The molecular formula is C19H33N5OS. The van der Waals surface area contributed by atoms with Crippen LogP contribution in [-0.2, 0) is 13.1 Å². The van der Waals surface area contributed by atoms with Crippen molar-refractivity contribution in [2.75, 3.05) is 37.7 Å². The lowest BCUT2D eigenvalue weighted by Gasteiger charge is -2.39. The van der Waals surface area contributed by atoms with Gasteiger partial charge in [-0.2, -0.15) is 11.8 Å². The first kappa shape index (κ1) is 18.7.